The normalized spacial score (nSPS) is 19.7. The molecular formula is C15H24N4O2. The maximum Gasteiger partial charge on any atom is 0.290 e. The smallest absolute Gasteiger partial charge is 0.290 e. The first-order valence-electron chi connectivity index (χ1n) is 7.56. The zero-order valence-electron chi connectivity index (χ0n) is 13.0. The molecule has 116 valence electrons. The lowest BCUT2D eigenvalue weighted by atomic mass is 9.97. The van der Waals surface area contributed by atoms with Crippen LogP contribution in [0.5, 0.6) is 0 Å². The number of nitro groups is 1. The summed E-state index contributed by atoms with van der Waals surface area (Å²) >= 11 is 0. The van der Waals surface area contributed by atoms with Gasteiger partial charge < -0.3 is 10.2 Å². The van der Waals surface area contributed by atoms with Gasteiger partial charge >= 0.3 is 0 Å². The highest BCUT2D eigenvalue weighted by molar-refractivity contribution is 5.46. The molecule has 0 aromatic carbocycles. The second-order valence-corrected chi connectivity index (χ2v) is 6.09. The number of aryl methyl sites for hydroxylation is 1. The van der Waals surface area contributed by atoms with Crippen LogP contribution in [-0.2, 0) is 0 Å². The predicted octanol–water partition coefficient (Wildman–Crippen LogP) is 2.83. The van der Waals surface area contributed by atoms with Crippen molar-refractivity contribution in [2.75, 3.05) is 25.0 Å². The van der Waals surface area contributed by atoms with Crippen LogP contribution >= 0.6 is 0 Å². The maximum atomic E-state index is 10.8. The van der Waals surface area contributed by atoms with E-state index in [1.165, 1.54) is 25.6 Å². The minimum absolute atomic E-state index is 0.0733. The van der Waals surface area contributed by atoms with Crippen molar-refractivity contribution in [2.24, 2.45) is 5.92 Å². The van der Waals surface area contributed by atoms with Crippen LogP contribution in [0.25, 0.3) is 0 Å². The van der Waals surface area contributed by atoms with Crippen LogP contribution in [-0.4, -0.2) is 40.5 Å². The number of likely N-dealkylation sites (tertiary alicyclic amines) is 1. The van der Waals surface area contributed by atoms with Crippen molar-refractivity contribution in [1.82, 2.24) is 9.88 Å². The van der Waals surface area contributed by atoms with Gasteiger partial charge in [-0.2, -0.15) is 0 Å². The summed E-state index contributed by atoms with van der Waals surface area (Å²) in [6.45, 7) is 9.37. The molecule has 1 aromatic heterocycles. The Morgan fingerprint density at radius 2 is 2.33 bits per heavy atom. The first-order valence-corrected chi connectivity index (χ1v) is 7.56. The number of hydrogen-bond donors (Lipinski definition) is 1. The third kappa shape index (κ3) is 4.14. The molecule has 1 fully saturated rings. The van der Waals surface area contributed by atoms with E-state index in [1.807, 2.05) is 0 Å². The lowest BCUT2D eigenvalue weighted by Gasteiger charge is -2.35. The molecule has 1 aliphatic heterocycles. The summed E-state index contributed by atoms with van der Waals surface area (Å²) in [5.41, 5.74) is 0.717. The molecule has 1 aromatic rings. The van der Waals surface area contributed by atoms with Gasteiger partial charge in [-0.25, -0.2) is 4.98 Å². The predicted molar refractivity (Wildman–Crippen MR) is 83.6 cm³/mol. The summed E-state index contributed by atoms with van der Waals surface area (Å²) < 4.78 is 0. The van der Waals surface area contributed by atoms with Gasteiger partial charge in [0.25, 0.3) is 5.69 Å². The minimum Gasteiger partial charge on any atom is -0.370 e. The van der Waals surface area contributed by atoms with E-state index >= 15 is 0 Å². The van der Waals surface area contributed by atoms with Gasteiger partial charge in [-0.1, -0.05) is 0 Å². The van der Waals surface area contributed by atoms with Crippen molar-refractivity contribution in [1.29, 1.82) is 0 Å². The van der Waals surface area contributed by atoms with Gasteiger partial charge in [0.15, 0.2) is 0 Å². The lowest BCUT2D eigenvalue weighted by Crippen LogP contribution is -2.41. The zero-order valence-corrected chi connectivity index (χ0v) is 13.0. The third-order valence-electron chi connectivity index (χ3n) is 4.13. The Bertz CT molecular complexity index is 504. The molecule has 0 amide bonds. The van der Waals surface area contributed by atoms with E-state index in [4.69, 9.17) is 0 Å². The van der Waals surface area contributed by atoms with Crippen molar-refractivity contribution in [3.63, 3.8) is 0 Å². The van der Waals surface area contributed by atoms with Crippen LogP contribution in [0.3, 0.4) is 0 Å². The quantitative estimate of drug-likeness (QED) is 0.667. The number of hydrogen-bond acceptors (Lipinski definition) is 5. The van der Waals surface area contributed by atoms with E-state index < -0.39 is 4.92 Å². The maximum absolute atomic E-state index is 10.8. The van der Waals surface area contributed by atoms with Gasteiger partial charge in [0.05, 0.1) is 4.92 Å². The number of nitrogens with one attached hydrogen (secondary N) is 1. The second kappa shape index (κ2) is 6.85. The number of nitrogens with zero attached hydrogens (tertiary/aromatic N) is 3. The zero-order chi connectivity index (χ0) is 15.4. The van der Waals surface area contributed by atoms with Crippen molar-refractivity contribution in [3.05, 3.63) is 27.9 Å². The van der Waals surface area contributed by atoms with Crippen LogP contribution in [0, 0.1) is 23.0 Å². The summed E-state index contributed by atoms with van der Waals surface area (Å²) in [6, 6.07) is 2.34. The Morgan fingerprint density at radius 3 is 2.95 bits per heavy atom. The number of pyridine rings is 1. The average Bonchev–Trinajstić information content (AvgIpc) is 2.45. The van der Waals surface area contributed by atoms with E-state index in [1.54, 1.807) is 13.0 Å². The van der Waals surface area contributed by atoms with Gasteiger partial charge in [0, 0.05) is 24.7 Å². The molecule has 2 rings (SSSR count). The molecule has 0 radical (unpaired) electrons. The third-order valence-corrected chi connectivity index (χ3v) is 4.13. The Balaban J connectivity index is 1.91. The molecule has 21 heavy (non-hydrogen) atoms. The first-order chi connectivity index (χ1) is 9.97. The molecule has 6 nitrogen and oxygen atoms in total. The molecule has 1 saturated heterocycles. The number of anilines is 1. The molecule has 2 heterocycles. The van der Waals surface area contributed by atoms with Crippen molar-refractivity contribution in [2.45, 2.75) is 39.7 Å². The van der Waals surface area contributed by atoms with E-state index in [0.29, 0.717) is 17.5 Å². The molecule has 1 unspecified atom stereocenters. The van der Waals surface area contributed by atoms with Crippen LogP contribution in [0.2, 0.25) is 0 Å². The number of piperidine rings is 1. The second-order valence-electron chi connectivity index (χ2n) is 6.09. The van der Waals surface area contributed by atoms with Crippen molar-refractivity contribution in [3.8, 4) is 0 Å². The highest BCUT2D eigenvalue weighted by Crippen LogP contribution is 2.21. The molecule has 0 saturated carbocycles. The monoisotopic (exact) mass is 292 g/mol. The summed E-state index contributed by atoms with van der Waals surface area (Å²) in [6.07, 6.45) is 3.79. The summed E-state index contributed by atoms with van der Waals surface area (Å²) in [5.74, 6) is 1.33. The summed E-state index contributed by atoms with van der Waals surface area (Å²) in [5, 5.41) is 14.1. The molecule has 6 heteroatoms. The van der Waals surface area contributed by atoms with Gasteiger partial charge in [-0.05, 0) is 52.1 Å². The number of rotatable bonds is 5. The summed E-state index contributed by atoms with van der Waals surface area (Å²) in [7, 11) is 0. The van der Waals surface area contributed by atoms with E-state index in [-0.39, 0.29) is 5.69 Å². The molecule has 0 aliphatic carbocycles. The summed E-state index contributed by atoms with van der Waals surface area (Å²) in [4.78, 5) is 17.0. The molecule has 1 N–H and O–H groups in total. The Morgan fingerprint density at radius 1 is 1.57 bits per heavy atom. The van der Waals surface area contributed by atoms with Gasteiger partial charge in [0.2, 0.25) is 0 Å². The fraction of sp³-hybridized carbons (Fsp3) is 0.667. The molecule has 0 spiro atoms. The molecule has 1 atom stereocenters. The van der Waals surface area contributed by atoms with E-state index in [0.717, 1.165) is 18.9 Å². The Labute approximate surface area is 125 Å². The largest absolute Gasteiger partial charge is 0.370 e. The standard InChI is InChI=1S/C15H24N4O2/c1-11(2)18-6-4-5-13(10-18)8-16-15-7-12(3)14(9-17-15)19(20)21/h7,9,11,13H,4-6,8,10H2,1-3H3,(H,16,17). The van der Waals surface area contributed by atoms with E-state index in [9.17, 15) is 10.1 Å². The van der Waals surface area contributed by atoms with Crippen LogP contribution in [0.4, 0.5) is 11.5 Å². The van der Waals surface area contributed by atoms with Crippen LogP contribution < -0.4 is 5.32 Å². The SMILES string of the molecule is Cc1cc(NCC2CCCN(C(C)C)C2)ncc1[N+](=O)[O-]. The highest BCUT2D eigenvalue weighted by atomic mass is 16.6. The van der Waals surface area contributed by atoms with Crippen molar-refractivity contribution >= 4 is 11.5 Å². The fourth-order valence-corrected chi connectivity index (χ4v) is 2.82. The number of aromatic nitrogens is 1. The van der Waals surface area contributed by atoms with Crippen LogP contribution in [0.15, 0.2) is 12.3 Å². The van der Waals surface area contributed by atoms with Crippen LogP contribution in [0.1, 0.15) is 32.3 Å². The molecular weight excluding hydrogens is 268 g/mol. The minimum atomic E-state index is -0.395. The average molecular weight is 292 g/mol. The first kappa shape index (κ1) is 15.7. The van der Waals surface area contributed by atoms with Gasteiger partial charge in [-0.3, -0.25) is 10.1 Å². The lowest BCUT2D eigenvalue weighted by molar-refractivity contribution is -0.385. The van der Waals surface area contributed by atoms with Crippen molar-refractivity contribution < 1.29 is 4.92 Å². The fourth-order valence-electron chi connectivity index (χ4n) is 2.82. The highest BCUT2D eigenvalue weighted by Gasteiger charge is 2.21. The Kier molecular flexibility index (Phi) is 5.12. The van der Waals surface area contributed by atoms with Gasteiger partial charge in [-0.15, -0.1) is 0 Å². The Hall–Kier alpha value is -1.69. The topological polar surface area (TPSA) is 71.3 Å². The molecule has 1 aliphatic rings. The van der Waals surface area contributed by atoms with E-state index in [2.05, 4.69) is 29.0 Å². The van der Waals surface area contributed by atoms with Gasteiger partial charge in [0.1, 0.15) is 12.0 Å². The molecule has 0 bridgehead atoms.